The predicted molar refractivity (Wildman–Crippen MR) is 70.8 cm³/mol. The first-order valence-corrected chi connectivity index (χ1v) is 6.30. The summed E-state index contributed by atoms with van der Waals surface area (Å²) in [5.74, 6) is 0.374. The average molecular weight is 268 g/mol. The maximum absolute atomic E-state index is 10.5. The Morgan fingerprint density at radius 3 is 2.63 bits per heavy atom. The molecule has 0 spiro atoms. The molecular weight excluding hydrogens is 248 g/mol. The van der Waals surface area contributed by atoms with Gasteiger partial charge in [-0.25, -0.2) is 4.79 Å². The summed E-state index contributed by atoms with van der Waals surface area (Å²) in [7, 11) is 0. The lowest BCUT2D eigenvalue weighted by Gasteiger charge is -2.10. The smallest absolute Gasteiger partial charge is 0.449 e. The zero-order valence-electron chi connectivity index (χ0n) is 11.3. The molecular formula is C14H20O5. The molecule has 0 aliphatic carbocycles. The van der Waals surface area contributed by atoms with Crippen LogP contribution in [0.3, 0.4) is 0 Å². The Labute approximate surface area is 113 Å². The average Bonchev–Trinajstić information content (AvgIpc) is 2.37. The summed E-state index contributed by atoms with van der Waals surface area (Å²) in [6, 6.07) is 5.36. The van der Waals surface area contributed by atoms with Crippen LogP contribution in [-0.4, -0.2) is 37.7 Å². The lowest BCUT2D eigenvalue weighted by molar-refractivity contribution is 0.0540. The van der Waals surface area contributed by atoms with Crippen molar-refractivity contribution in [2.75, 3.05) is 26.4 Å². The van der Waals surface area contributed by atoms with Crippen LogP contribution in [0.5, 0.6) is 5.75 Å². The van der Waals surface area contributed by atoms with E-state index in [-0.39, 0.29) is 0 Å². The molecule has 0 bridgehead atoms. The molecule has 0 aromatic heterocycles. The van der Waals surface area contributed by atoms with Gasteiger partial charge in [0.1, 0.15) is 5.75 Å². The van der Waals surface area contributed by atoms with E-state index >= 15 is 0 Å². The topological polar surface area (TPSA) is 65.0 Å². The molecule has 0 atom stereocenters. The first-order chi connectivity index (χ1) is 9.15. The van der Waals surface area contributed by atoms with Gasteiger partial charge in [0, 0.05) is 6.61 Å². The van der Waals surface area contributed by atoms with Crippen molar-refractivity contribution in [2.24, 2.45) is 0 Å². The fourth-order valence-electron chi connectivity index (χ4n) is 1.68. The summed E-state index contributed by atoms with van der Waals surface area (Å²) >= 11 is 0. The highest BCUT2D eigenvalue weighted by atomic mass is 16.7. The molecule has 5 nitrogen and oxygen atoms in total. The van der Waals surface area contributed by atoms with Gasteiger partial charge in [-0.15, -0.1) is 0 Å². The molecule has 1 aromatic carbocycles. The normalized spacial score (nSPS) is 10.4. The molecule has 0 fully saturated rings. The molecule has 1 aromatic rings. The summed E-state index contributed by atoms with van der Waals surface area (Å²) in [6.07, 6.45) is -0.581. The summed E-state index contributed by atoms with van der Waals surface area (Å²) in [4.78, 5) is 10.5. The SMILES string of the molecule is CCOCCOCCc1cccc(OC(=O)O)c1C. The molecule has 106 valence electrons. The number of rotatable bonds is 8. The fourth-order valence-corrected chi connectivity index (χ4v) is 1.68. The van der Waals surface area contributed by atoms with Crippen molar-refractivity contribution in [3.05, 3.63) is 29.3 Å². The zero-order chi connectivity index (χ0) is 14.1. The van der Waals surface area contributed by atoms with Crippen LogP contribution >= 0.6 is 0 Å². The second-order valence-corrected chi connectivity index (χ2v) is 3.97. The van der Waals surface area contributed by atoms with Gasteiger partial charge in [0.15, 0.2) is 0 Å². The third-order valence-electron chi connectivity index (χ3n) is 2.69. The highest BCUT2D eigenvalue weighted by molar-refractivity contribution is 5.62. The Balaban J connectivity index is 2.43. The van der Waals surface area contributed by atoms with E-state index in [4.69, 9.17) is 19.3 Å². The van der Waals surface area contributed by atoms with Gasteiger partial charge in [0.05, 0.1) is 19.8 Å². The number of hydrogen-bond acceptors (Lipinski definition) is 4. The van der Waals surface area contributed by atoms with Crippen molar-refractivity contribution in [3.8, 4) is 5.75 Å². The van der Waals surface area contributed by atoms with Crippen molar-refractivity contribution in [2.45, 2.75) is 20.3 Å². The minimum absolute atomic E-state index is 0.374. The second kappa shape index (κ2) is 8.50. The Morgan fingerprint density at radius 2 is 1.95 bits per heavy atom. The lowest BCUT2D eigenvalue weighted by Crippen LogP contribution is -2.08. The largest absolute Gasteiger partial charge is 0.511 e. The van der Waals surface area contributed by atoms with E-state index in [0.717, 1.165) is 17.5 Å². The van der Waals surface area contributed by atoms with Crippen LogP contribution in [0.1, 0.15) is 18.1 Å². The van der Waals surface area contributed by atoms with Gasteiger partial charge in [0.2, 0.25) is 0 Å². The molecule has 5 heteroatoms. The van der Waals surface area contributed by atoms with Crippen LogP contribution in [0.2, 0.25) is 0 Å². The van der Waals surface area contributed by atoms with Gasteiger partial charge in [-0.05, 0) is 37.5 Å². The van der Waals surface area contributed by atoms with Crippen LogP contribution in [-0.2, 0) is 15.9 Å². The molecule has 0 saturated carbocycles. The minimum atomic E-state index is -1.30. The highest BCUT2D eigenvalue weighted by Gasteiger charge is 2.08. The van der Waals surface area contributed by atoms with Gasteiger partial charge >= 0.3 is 6.16 Å². The third kappa shape index (κ3) is 5.72. The molecule has 0 amide bonds. The van der Waals surface area contributed by atoms with Crippen LogP contribution in [0.15, 0.2) is 18.2 Å². The van der Waals surface area contributed by atoms with Crippen molar-refractivity contribution in [3.63, 3.8) is 0 Å². The van der Waals surface area contributed by atoms with Crippen LogP contribution < -0.4 is 4.74 Å². The molecule has 0 aliphatic rings. The van der Waals surface area contributed by atoms with E-state index in [1.54, 1.807) is 12.1 Å². The van der Waals surface area contributed by atoms with E-state index < -0.39 is 6.16 Å². The van der Waals surface area contributed by atoms with E-state index in [9.17, 15) is 4.79 Å². The second-order valence-electron chi connectivity index (χ2n) is 3.97. The monoisotopic (exact) mass is 268 g/mol. The molecule has 0 heterocycles. The van der Waals surface area contributed by atoms with Crippen molar-refractivity contribution in [1.82, 2.24) is 0 Å². The first-order valence-electron chi connectivity index (χ1n) is 6.30. The maximum Gasteiger partial charge on any atom is 0.511 e. The predicted octanol–water partition coefficient (Wildman–Crippen LogP) is 2.65. The van der Waals surface area contributed by atoms with Crippen LogP contribution in [0.4, 0.5) is 4.79 Å². The molecule has 0 saturated heterocycles. The van der Waals surface area contributed by atoms with Crippen LogP contribution in [0, 0.1) is 6.92 Å². The van der Waals surface area contributed by atoms with E-state index in [2.05, 4.69) is 0 Å². The Bertz CT molecular complexity index is 403. The first kappa shape index (κ1) is 15.5. The number of benzene rings is 1. The zero-order valence-corrected chi connectivity index (χ0v) is 11.3. The molecule has 1 N–H and O–H groups in total. The summed E-state index contributed by atoms with van der Waals surface area (Å²) < 4.78 is 15.3. The van der Waals surface area contributed by atoms with Crippen LogP contribution in [0.25, 0.3) is 0 Å². The number of carboxylic acid groups (broad SMARTS) is 1. The Morgan fingerprint density at radius 1 is 1.21 bits per heavy atom. The standard InChI is InChI=1S/C14H20O5/c1-3-17-9-10-18-8-7-12-5-4-6-13(11(12)2)19-14(15)16/h4-6H,3,7-10H2,1-2H3,(H,15,16). The molecule has 0 radical (unpaired) electrons. The summed E-state index contributed by atoms with van der Waals surface area (Å²) in [5.41, 5.74) is 1.86. The maximum atomic E-state index is 10.5. The van der Waals surface area contributed by atoms with Gasteiger partial charge in [-0.3, -0.25) is 0 Å². The van der Waals surface area contributed by atoms with Crippen molar-refractivity contribution in [1.29, 1.82) is 0 Å². The summed E-state index contributed by atoms with van der Waals surface area (Å²) in [5, 5.41) is 8.62. The molecule has 0 unspecified atom stereocenters. The lowest BCUT2D eigenvalue weighted by atomic mass is 10.1. The number of carbonyl (C=O) groups is 1. The highest BCUT2D eigenvalue weighted by Crippen LogP contribution is 2.21. The minimum Gasteiger partial charge on any atom is -0.449 e. The Kier molecular flexibility index (Phi) is 6.92. The van der Waals surface area contributed by atoms with Gasteiger partial charge in [-0.1, -0.05) is 12.1 Å². The van der Waals surface area contributed by atoms with E-state index in [0.29, 0.717) is 32.2 Å². The number of hydrogen-bond donors (Lipinski definition) is 1. The van der Waals surface area contributed by atoms with Gasteiger partial charge < -0.3 is 19.3 Å². The van der Waals surface area contributed by atoms with Crippen molar-refractivity contribution < 1.29 is 24.1 Å². The Hall–Kier alpha value is -1.59. The fraction of sp³-hybridized carbons (Fsp3) is 0.500. The molecule has 1 rings (SSSR count). The van der Waals surface area contributed by atoms with Gasteiger partial charge in [-0.2, -0.15) is 0 Å². The van der Waals surface area contributed by atoms with Crippen molar-refractivity contribution >= 4 is 6.16 Å². The van der Waals surface area contributed by atoms with E-state index in [1.807, 2.05) is 19.9 Å². The molecule has 19 heavy (non-hydrogen) atoms. The summed E-state index contributed by atoms with van der Waals surface area (Å²) in [6.45, 7) is 6.21. The van der Waals surface area contributed by atoms with Gasteiger partial charge in [0.25, 0.3) is 0 Å². The number of ether oxygens (including phenoxy) is 3. The quantitative estimate of drug-likeness (QED) is 0.446. The third-order valence-corrected chi connectivity index (χ3v) is 2.69. The van der Waals surface area contributed by atoms with E-state index in [1.165, 1.54) is 0 Å². The molecule has 0 aliphatic heterocycles.